The van der Waals surface area contributed by atoms with Gasteiger partial charge in [0.1, 0.15) is 5.69 Å². The third-order valence-electron chi connectivity index (χ3n) is 7.42. The summed E-state index contributed by atoms with van der Waals surface area (Å²) >= 11 is 12.5. The van der Waals surface area contributed by atoms with E-state index in [0.717, 1.165) is 0 Å². The van der Waals surface area contributed by atoms with Gasteiger partial charge in [0, 0.05) is 22.7 Å². The number of hydrogen-bond acceptors (Lipinski definition) is 7. The number of carbonyl (C=O) groups excluding carboxylic acids is 3. The fourth-order valence-electron chi connectivity index (χ4n) is 4.96. The molecule has 5 rings (SSSR count). The van der Waals surface area contributed by atoms with E-state index in [4.69, 9.17) is 23.2 Å². The quantitative estimate of drug-likeness (QED) is 0.232. The van der Waals surface area contributed by atoms with Gasteiger partial charge in [-0.25, -0.2) is 13.9 Å². The summed E-state index contributed by atoms with van der Waals surface area (Å²) in [6.07, 6.45) is 2.24. The highest BCUT2D eigenvalue weighted by Crippen LogP contribution is 2.37. The van der Waals surface area contributed by atoms with Gasteiger partial charge in [0.15, 0.2) is 11.0 Å². The number of nitrogens with zero attached hydrogens (tertiary/aromatic N) is 4. The van der Waals surface area contributed by atoms with Gasteiger partial charge in [0.05, 0.1) is 47.0 Å². The van der Waals surface area contributed by atoms with E-state index in [2.05, 4.69) is 36.0 Å². The summed E-state index contributed by atoms with van der Waals surface area (Å²) in [5, 5.41) is 21.2. The molecule has 0 fully saturated rings. The fourth-order valence-corrected chi connectivity index (χ4v) is 5.32. The Morgan fingerprint density at radius 2 is 1.91 bits per heavy atom. The Kier molecular flexibility index (Phi) is 9.12. The van der Waals surface area contributed by atoms with E-state index in [1.54, 1.807) is 37.3 Å². The van der Waals surface area contributed by atoms with Gasteiger partial charge in [0.2, 0.25) is 5.91 Å². The van der Waals surface area contributed by atoms with Crippen molar-refractivity contribution in [3.05, 3.63) is 81.6 Å². The Morgan fingerprint density at radius 3 is 2.68 bits per heavy atom. The molecule has 0 saturated heterocycles. The third-order valence-corrected chi connectivity index (χ3v) is 7.99. The van der Waals surface area contributed by atoms with Gasteiger partial charge in [-0.1, -0.05) is 48.7 Å². The highest BCUT2D eigenvalue weighted by atomic mass is 35.5. The van der Waals surface area contributed by atoms with Crippen molar-refractivity contribution in [1.82, 2.24) is 25.3 Å². The lowest BCUT2D eigenvalue weighted by atomic mass is 9.95. The van der Waals surface area contributed by atoms with Crippen LogP contribution in [0.3, 0.4) is 0 Å². The van der Waals surface area contributed by atoms with Crippen molar-refractivity contribution in [1.29, 1.82) is 0 Å². The zero-order valence-electron chi connectivity index (χ0n) is 24.0. The van der Waals surface area contributed by atoms with Crippen LogP contribution >= 0.6 is 23.2 Å². The molecule has 1 aliphatic heterocycles. The monoisotopic (exact) mass is 639 g/mol. The van der Waals surface area contributed by atoms with Gasteiger partial charge in [0.25, 0.3) is 5.91 Å². The highest BCUT2D eigenvalue weighted by molar-refractivity contribution is 6.32. The second-order valence-electron chi connectivity index (χ2n) is 10.3. The number of amides is 3. The number of nitrogens with one attached hydrogen (secondary N) is 3. The molecule has 0 unspecified atom stereocenters. The normalized spacial score (nSPS) is 16.5. The number of anilines is 2. The van der Waals surface area contributed by atoms with Crippen molar-refractivity contribution in [3.8, 4) is 16.8 Å². The van der Waals surface area contributed by atoms with Crippen LogP contribution in [0.5, 0.6) is 0 Å². The molecule has 2 bridgehead atoms. The van der Waals surface area contributed by atoms with E-state index in [1.165, 1.54) is 30.1 Å². The summed E-state index contributed by atoms with van der Waals surface area (Å²) in [5.74, 6) is -1.69. The molecule has 1 aliphatic rings. The van der Waals surface area contributed by atoms with Crippen molar-refractivity contribution in [2.45, 2.75) is 39.2 Å². The first kappa shape index (κ1) is 30.9. The van der Waals surface area contributed by atoms with Crippen LogP contribution in [0.2, 0.25) is 10.2 Å². The molecular weight excluding hydrogens is 612 g/mol. The van der Waals surface area contributed by atoms with Crippen molar-refractivity contribution in [2.24, 2.45) is 5.92 Å². The van der Waals surface area contributed by atoms with E-state index in [-0.39, 0.29) is 33.3 Å². The molecule has 2 aromatic heterocycles. The molecular formula is C30H28Cl2FN7O4. The Balaban J connectivity index is 1.51. The molecule has 3 heterocycles. The van der Waals surface area contributed by atoms with Gasteiger partial charge >= 0.3 is 6.09 Å². The van der Waals surface area contributed by atoms with E-state index >= 15 is 0 Å². The van der Waals surface area contributed by atoms with E-state index in [1.807, 2.05) is 6.92 Å². The molecule has 0 spiro atoms. The summed E-state index contributed by atoms with van der Waals surface area (Å²) < 4.78 is 20.7. The number of ether oxygens (including phenoxy) is 1. The minimum atomic E-state index is -0.666. The smallest absolute Gasteiger partial charge is 0.411 e. The van der Waals surface area contributed by atoms with Crippen LogP contribution < -0.4 is 16.0 Å². The van der Waals surface area contributed by atoms with Gasteiger partial charge in [-0.05, 0) is 50.1 Å². The van der Waals surface area contributed by atoms with Crippen LogP contribution in [0.15, 0.2) is 48.7 Å². The maximum absolute atomic E-state index is 14.7. The molecule has 4 aromatic rings. The number of methoxy groups -OCH3 is 1. The summed E-state index contributed by atoms with van der Waals surface area (Å²) in [6.45, 7) is 3.47. The number of fused-ring (bicyclic) bond motifs is 4. The largest absolute Gasteiger partial charge is 0.453 e. The van der Waals surface area contributed by atoms with Crippen molar-refractivity contribution in [3.63, 3.8) is 0 Å². The number of benzene rings is 2. The molecule has 228 valence electrons. The molecule has 14 heteroatoms. The van der Waals surface area contributed by atoms with Crippen LogP contribution in [0, 0.1) is 18.7 Å². The number of rotatable bonds is 4. The summed E-state index contributed by atoms with van der Waals surface area (Å²) in [6, 6.07) is 10.6. The SMILES string of the molecule is COC(=O)Nc1ccc2c(c1)NC(=O)[C@H](C)CCC[C@H](NC(=O)c1cnn(-c3cccc(Cl)c3F)c1C)c1cc-2c(Cl)nn1. The minimum absolute atomic E-state index is 0.0609. The molecule has 0 aliphatic carbocycles. The van der Waals surface area contributed by atoms with Crippen LogP contribution in [-0.2, 0) is 9.53 Å². The summed E-state index contributed by atoms with van der Waals surface area (Å²) in [5.41, 5.74) is 3.01. The van der Waals surface area contributed by atoms with Crippen molar-refractivity contribution < 1.29 is 23.5 Å². The highest BCUT2D eigenvalue weighted by Gasteiger charge is 2.26. The number of halogens is 3. The van der Waals surface area contributed by atoms with Gasteiger partial charge in [-0.15, -0.1) is 5.10 Å². The van der Waals surface area contributed by atoms with Crippen LogP contribution in [0.1, 0.15) is 54.0 Å². The maximum Gasteiger partial charge on any atom is 0.411 e. The Labute approximate surface area is 262 Å². The predicted octanol–water partition coefficient (Wildman–Crippen LogP) is 6.49. The Hall–Kier alpha value is -4.55. The topological polar surface area (TPSA) is 140 Å². The number of carbonyl (C=O) groups is 3. The lowest BCUT2D eigenvalue weighted by Crippen LogP contribution is -2.30. The van der Waals surface area contributed by atoms with Crippen LogP contribution in [0.25, 0.3) is 16.8 Å². The van der Waals surface area contributed by atoms with Crippen LogP contribution in [-0.4, -0.2) is 45.0 Å². The molecule has 2 atom stereocenters. The number of hydrogen-bond donors (Lipinski definition) is 3. The average Bonchev–Trinajstić information content (AvgIpc) is 3.38. The second-order valence-corrected chi connectivity index (χ2v) is 11.1. The lowest BCUT2D eigenvalue weighted by molar-refractivity contribution is -0.119. The van der Waals surface area contributed by atoms with E-state index < -0.39 is 23.9 Å². The number of aromatic nitrogens is 4. The molecule has 3 N–H and O–H groups in total. The molecule has 0 saturated carbocycles. The standard InChI is InChI=1S/C30H28Cl2FN7O4/c1-15-6-4-8-22(36-29(42)20-14-34-40(16(20)2)25-9-5-7-21(31)26(25)33)24-13-19(27(32)39-38-24)18-11-10-17(35-30(43)44-3)12-23(18)37-28(15)41/h5,7,9-15,22H,4,6,8H2,1-3H3,(H,35,43)(H,36,42)(H,37,41)/t15-,22+/m1/s1. The maximum atomic E-state index is 14.7. The Bertz CT molecular complexity index is 1760. The Morgan fingerprint density at radius 1 is 1.11 bits per heavy atom. The summed E-state index contributed by atoms with van der Waals surface area (Å²) in [7, 11) is 1.25. The zero-order valence-corrected chi connectivity index (χ0v) is 25.5. The third kappa shape index (κ3) is 6.36. The minimum Gasteiger partial charge on any atom is -0.453 e. The van der Waals surface area contributed by atoms with E-state index in [0.29, 0.717) is 53.2 Å². The zero-order chi connectivity index (χ0) is 31.5. The lowest BCUT2D eigenvalue weighted by Gasteiger charge is -2.22. The molecule has 2 aromatic carbocycles. The van der Waals surface area contributed by atoms with Gasteiger partial charge in [-0.3, -0.25) is 14.9 Å². The first-order chi connectivity index (χ1) is 21.1. The van der Waals surface area contributed by atoms with Gasteiger partial charge in [-0.2, -0.15) is 10.2 Å². The summed E-state index contributed by atoms with van der Waals surface area (Å²) in [4.78, 5) is 38.5. The molecule has 0 radical (unpaired) electrons. The predicted molar refractivity (Wildman–Crippen MR) is 164 cm³/mol. The van der Waals surface area contributed by atoms with Crippen molar-refractivity contribution in [2.75, 3.05) is 17.7 Å². The molecule has 11 nitrogen and oxygen atoms in total. The fraction of sp³-hybridized carbons (Fsp3) is 0.267. The van der Waals surface area contributed by atoms with E-state index in [9.17, 15) is 18.8 Å². The van der Waals surface area contributed by atoms with Gasteiger partial charge < -0.3 is 15.4 Å². The molecule has 3 amide bonds. The average molecular weight is 641 g/mol. The first-order valence-corrected chi connectivity index (χ1v) is 14.5. The second kappa shape index (κ2) is 13.0. The van der Waals surface area contributed by atoms with Crippen molar-refractivity contribution >= 4 is 52.5 Å². The first-order valence-electron chi connectivity index (χ1n) is 13.7. The molecule has 44 heavy (non-hydrogen) atoms. The van der Waals surface area contributed by atoms with Crippen LogP contribution in [0.4, 0.5) is 20.6 Å².